The first-order chi connectivity index (χ1) is 8.43. The molecule has 1 aliphatic carbocycles. The lowest BCUT2D eigenvalue weighted by Crippen LogP contribution is -2.55. The fraction of sp³-hybridized carbons (Fsp3) is 0.929. The molecule has 5 heteroatoms. The van der Waals surface area contributed by atoms with E-state index in [0.29, 0.717) is 24.9 Å². The zero-order valence-corrected chi connectivity index (χ0v) is 13.0. The van der Waals surface area contributed by atoms with E-state index in [4.69, 9.17) is 10.5 Å². The lowest BCUT2D eigenvalue weighted by atomic mass is 9.93. The quantitative estimate of drug-likeness (QED) is 0.844. The standard InChI is InChI=1S/C14H26N2O2.ClH/c1-10-8-16(9-14(2,3)18-10)13(17)12-6-4-5-11(12)7-15;/h10-12H,4-9,15H2,1-3H3;1H/t10?,11-,12-;/m1./s1. The van der Waals surface area contributed by atoms with Crippen LogP contribution >= 0.6 is 12.4 Å². The number of hydrogen-bond donors (Lipinski definition) is 1. The predicted octanol–water partition coefficient (Wildman–Crippen LogP) is 1.81. The minimum atomic E-state index is -0.232. The van der Waals surface area contributed by atoms with Crippen LogP contribution in [0.4, 0.5) is 0 Å². The molecular weight excluding hydrogens is 264 g/mol. The normalized spacial score (nSPS) is 33.9. The van der Waals surface area contributed by atoms with E-state index in [1.54, 1.807) is 0 Å². The second-order valence-corrected chi connectivity index (χ2v) is 6.44. The van der Waals surface area contributed by atoms with Crippen molar-refractivity contribution in [3.8, 4) is 0 Å². The van der Waals surface area contributed by atoms with Gasteiger partial charge in [0.05, 0.1) is 11.7 Å². The van der Waals surface area contributed by atoms with Crippen LogP contribution in [-0.2, 0) is 9.53 Å². The SMILES string of the molecule is CC1CN(C(=O)[C@@H]2CCC[C@@H]2CN)CC(C)(C)O1.Cl. The first kappa shape index (κ1) is 16.7. The van der Waals surface area contributed by atoms with Gasteiger partial charge in [0, 0.05) is 19.0 Å². The van der Waals surface area contributed by atoms with Crippen molar-refractivity contribution in [1.82, 2.24) is 4.90 Å². The maximum Gasteiger partial charge on any atom is 0.226 e. The number of nitrogens with two attached hydrogens (primary N) is 1. The van der Waals surface area contributed by atoms with E-state index < -0.39 is 0 Å². The zero-order chi connectivity index (χ0) is 13.3. The van der Waals surface area contributed by atoms with E-state index in [9.17, 15) is 4.79 Å². The van der Waals surface area contributed by atoms with Crippen molar-refractivity contribution < 1.29 is 9.53 Å². The monoisotopic (exact) mass is 290 g/mol. The molecule has 1 saturated heterocycles. The average Bonchev–Trinajstić information content (AvgIpc) is 2.73. The van der Waals surface area contributed by atoms with Crippen molar-refractivity contribution in [3.05, 3.63) is 0 Å². The number of morpholine rings is 1. The van der Waals surface area contributed by atoms with Gasteiger partial charge in [0.25, 0.3) is 0 Å². The summed E-state index contributed by atoms with van der Waals surface area (Å²) in [5.74, 6) is 0.834. The Hall–Kier alpha value is -0.320. The molecule has 0 aromatic carbocycles. The number of nitrogens with zero attached hydrogens (tertiary/aromatic N) is 1. The fourth-order valence-corrected chi connectivity index (χ4v) is 3.50. The molecule has 0 aromatic rings. The van der Waals surface area contributed by atoms with Crippen LogP contribution in [0.25, 0.3) is 0 Å². The molecule has 2 aliphatic rings. The summed E-state index contributed by atoms with van der Waals surface area (Å²) in [6, 6.07) is 0. The second kappa shape index (κ2) is 6.42. The number of amides is 1. The van der Waals surface area contributed by atoms with Crippen LogP contribution in [0.3, 0.4) is 0 Å². The molecule has 1 heterocycles. The molecule has 0 bridgehead atoms. The van der Waals surface area contributed by atoms with Crippen LogP contribution in [0.5, 0.6) is 0 Å². The molecule has 19 heavy (non-hydrogen) atoms. The molecule has 1 aliphatic heterocycles. The lowest BCUT2D eigenvalue weighted by molar-refractivity contribution is -0.162. The first-order valence-corrected chi connectivity index (χ1v) is 7.09. The van der Waals surface area contributed by atoms with E-state index in [1.807, 2.05) is 11.8 Å². The van der Waals surface area contributed by atoms with E-state index in [1.165, 1.54) is 0 Å². The third-order valence-corrected chi connectivity index (χ3v) is 4.16. The highest BCUT2D eigenvalue weighted by atomic mass is 35.5. The maximum absolute atomic E-state index is 12.6. The number of halogens is 1. The van der Waals surface area contributed by atoms with Crippen molar-refractivity contribution in [1.29, 1.82) is 0 Å². The first-order valence-electron chi connectivity index (χ1n) is 7.09. The van der Waals surface area contributed by atoms with Gasteiger partial charge in [0.2, 0.25) is 5.91 Å². The fourth-order valence-electron chi connectivity index (χ4n) is 3.50. The molecule has 3 atom stereocenters. The Morgan fingerprint density at radius 2 is 2.11 bits per heavy atom. The summed E-state index contributed by atoms with van der Waals surface area (Å²) in [6.45, 7) is 8.20. The van der Waals surface area contributed by atoms with Gasteiger partial charge in [-0.05, 0) is 46.1 Å². The smallest absolute Gasteiger partial charge is 0.226 e. The highest BCUT2D eigenvalue weighted by Gasteiger charge is 2.39. The van der Waals surface area contributed by atoms with Crippen molar-refractivity contribution in [3.63, 3.8) is 0 Å². The lowest BCUT2D eigenvalue weighted by Gasteiger charge is -2.43. The summed E-state index contributed by atoms with van der Waals surface area (Å²) in [4.78, 5) is 14.6. The van der Waals surface area contributed by atoms with Gasteiger partial charge in [-0.3, -0.25) is 4.79 Å². The van der Waals surface area contributed by atoms with Gasteiger partial charge in [-0.2, -0.15) is 0 Å². The Morgan fingerprint density at radius 1 is 1.42 bits per heavy atom. The molecule has 2 fully saturated rings. The van der Waals surface area contributed by atoms with Crippen molar-refractivity contribution in [2.45, 2.75) is 51.7 Å². The van der Waals surface area contributed by atoms with Crippen LogP contribution in [0.1, 0.15) is 40.0 Å². The number of hydrogen-bond acceptors (Lipinski definition) is 3. The van der Waals surface area contributed by atoms with Gasteiger partial charge in [0.15, 0.2) is 0 Å². The van der Waals surface area contributed by atoms with Crippen LogP contribution in [0.2, 0.25) is 0 Å². The Balaban J connectivity index is 0.00000180. The van der Waals surface area contributed by atoms with E-state index in [-0.39, 0.29) is 30.0 Å². The maximum atomic E-state index is 12.6. The minimum absolute atomic E-state index is 0. The molecule has 1 amide bonds. The summed E-state index contributed by atoms with van der Waals surface area (Å²) >= 11 is 0. The Labute approximate surface area is 122 Å². The number of rotatable bonds is 2. The van der Waals surface area contributed by atoms with E-state index in [0.717, 1.165) is 25.8 Å². The van der Waals surface area contributed by atoms with E-state index >= 15 is 0 Å². The molecular formula is C14H27ClN2O2. The molecule has 1 unspecified atom stereocenters. The van der Waals surface area contributed by atoms with Crippen LogP contribution in [0.15, 0.2) is 0 Å². The zero-order valence-electron chi connectivity index (χ0n) is 12.2. The van der Waals surface area contributed by atoms with Crippen LogP contribution in [-0.4, -0.2) is 42.1 Å². The molecule has 2 rings (SSSR count). The average molecular weight is 291 g/mol. The van der Waals surface area contributed by atoms with Crippen molar-refractivity contribution >= 4 is 18.3 Å². The molecule has 0 spiro atoms. The molecule has 112 valence electrons. The number of ether oxygens (including phenoxy) is 1. The summed E-state index contributed by atoms with van der Waals surface area (Å²) in [5, 5.41) is 0. The summed E-state index contributed by atoms with van der Waals surface area (Å²) < 4.78 is 5.85. The second-order valence-electron chi connectivity index (χ2n) is 6.44. The molecule has 1 saturated carbocycles. The van der Waals surface area contributed by atoms with Gasteiger partial charge in [-0.15, -0.1) is 12.4 Å². The highest BCUT2D eigenvalue weighted by Crippen LogP contribution is 2.33. The Kier molecular flexibility index (Phi) is 5.65. The summed E-state index contributed by atoms with van der Waals surface area (Å²) in [6.07, 6.45) is 3.38. The molecule has 2 N–H and O–H groups in total. The van der Waals surface area contributed by atoms with Crippen LogP contribution in [0, 0.1) is 11.8 Å². The van der Waals surface area contributed by atoms with Gasteiger partial charge < -0.3 is 15.4 Å². The van der Waals surface area contributed by atoms with Gasteiger partial charge in [0.1, 0.15) is 0 Å². The third kappa shape index (κ3) is 3.83. The molecule has 0 radical (unpaired) electrons. The minimum Gasteiger partial charge on any atom is -0.369 e. The van der Waals surface area contributed by atoms with Gasteiger partial charge in [-0.25, -0.2) is 0 Å². The predicted molar refractivity (Wildman–Crippen MR) is 78.3 cm³/mol. The summed E-state index contributed by atoms with van der Waals surface area (Å²) in [5.41, 5.74) is 5.54. The highest BCUT2D eigenvalue weighted by molar-refractivity contribution is 5.85. The largest absolute Gasteiger partial charge is 0.369 e. The van der Waals surface area contributed by atoms with Crippen molar-refractivity contribution in [2.24, 2.45) is 17.6 Å². The summed E-state index contributed by atoms with van der Waals surface area (Å²) in [7, 11) is 0. The Bertz CT molecular complexity index is 323. The Morgan fingerprint density at radius 3 is 2.68 bits per heavy atom. The van der Waals surface area contributed by atoms with Gasteiger partial charge >= 0.3 is 0 Å². The topological polar surface area (TPSA) is 55.6 Å². The molecule has 0 aromatic heterocycles. The van der Waals surface area contributed by atoms with Crippen molar-refractivity contribution in [2.75, 3.05) is 19.6 Å². The number of carbonyl (C=O) groups is 1. The molecule has 4 nitrogen and oxygen atoms in total. The van der Waals surface area contributed by atoms with Crippen LogP contribution < -0.4 is 5.73 Å². The third-order valence-electron chi connectivity index (χ3n) is 4.16. The van der Waals surface area contributed by atoms with Gasteiger partial charge in [-0.1, -0.05) is 6.42 Å². The van der Waals surface area contributed by atoms with E-state index in [2.05, 4.69) is 13.8 Å². The number of carbonyl (C=O) groups excluding carboxylic acids is 1.